The highest BCUT2D eigenvalue weighted by molar-refractivity contribution is 5.20. The molecule has 2 heteroatoms. The zero-order valence-electron chi connectivity index (χ0n) is 8.36. The van der Waals surface area contributed by atoms with E-state index < -0.39 is 0 Å². The maximum absolute atomic E-state index is 5.69. The zero-order chi connectivity index (χ0) is 9.64. The van der Waals surface area contributed by atoms with Gasteiger partial charge in [-0.3, -0.25) is 0 Å². The van der Waals surface area contributed by atoms with E-state index in [9.17, 15) is 0 Å². The van der Waals surface area contributed by atoms with Gasteiger partial charge in [-0.05, 0) is 25.0 Å². The highest BCUT2D eigenvalue weighted by Gasteiger charge is 2.13. The Kier molecular flexibility index (Phi) is 3.41. The molecule has 0 bridgehead atoms. The minimum atomic E-state index is 0.629. The summed E-state index contributed by atoms with van der Waals surface area (Å²) in [5, 5.41) is 4.39. The van der Waals surface area contributed by atoms with Gasteiger partial charge < -0.3 is 4.74 Å². The van der Waals surface area contributed by atoms with Gasteiger partial charge in [0.05, 0.1) is 6.61 Å². The van der Waals surface area contributed by atoms with Crippen molar-refractivity contribution >= 4 is 0 Å². The molecule has 1 aliphatic rings. The molecule has 2 nitrogen and oxygen atoms in total. The van der Waals surface area contributed by atoms with E-state index in [0.717, 1.165) is 25.4 Å². The van der Waals surface area contributed by atoms with Crippen LogP contribution >= 0.6 is 0 Å². The minimum Gasteiger partial charge on any atom is -0.493 e. The van der Waals surface area contributed by atoms with E-state index in [0.29, 0.717) is 5.92 Å². The Labute approximate surface area is 85.3 Å². The van der Waals surface area contributed by atoms with E-state index in [4.69, 9.17) is 4.74 Å². The smallest absolute Gasteiger partial charge is 0.119 e. The van der Waals surface area contributed by atoms with Crippen molar-refractivity contribution in [2.24, 2.45) is 5.92 Å². The molecule has 0 spiro atoms. The molecule has 0 saturated carbocycles. The summed E-state index contributed by atoms with van der Waals surface area (Å²) in [6.07, 6.45) is 2.49. The second-order valence-electron chi connectivity index (χ2n) is 3.76. The number of para-hydroxylation sites is 1. The van der Waals surface area contributed by atoms with Crippen molar-refractivity contribution < 1.29 is 4.74 Å². The molecule has 1 aromatic carbocycles. The number of ether oxygens (including phenoxy) is 1. The summed E-state index contributed by atoms with van der Waals surface area (Å²) in [6, 6.07) is 10.0. The number of benzene rings is 1. The average Bonchev–Trinajstić information content (AvgIpc) is 2.29. The summed E-state index contributed by atoms with van der Waals surface area (Å²) in [5.74, 6) is 1.60. The van der Waals surface area contributed by atoms with Crippen molar-refractivity contribution in [2.45, 2.75) is 12.8 Å². The Balaban J connectivity index is 1.76. The van der Waals surface area contributed by atoms with Crippen molar-refractivity contribution in [2.75, 3.05) is 19.7 Å². The maximum atomic E-state index is 5.69. The standard InChI is InChI=1S/C12H16NO/c1-2-6-12(7-3-1)14-10-11-5-4-8-13-9-11/h1-3,6-7,11H,4-5,8-10H2. The van der Waals surface area contributed by atoms with Crippen molar-refractivity contribution in [1.82, 2.24) is 5.32 Å². The molecule has 1 radical (unpaired) electrons. The van der Waals surface area contributed by atoms with Crippen LogP contribution in [0.3, 0.4) is 0 Å². The van der Waals surface area contributed by atoms with Gasteiger partial charge in [0.15, 0.2) is 0 Å². The van der Waals surface area contributed by atoms with Crippen LogP contribution < -0.4 is 10.1 Å². The normalized spacial score (nSPS) is 21.9. The van der Waals surface area contributed by atoms with Gasteiger partial charge in [0.1, 0.15) is 5.75 Å². The Bertz CT molecular complexity index is 254. The maximum Gasteiger partial charge on any atom is 0.119 e. The van der Waals surface area contributed by atoms with Gasteiger partial charge in [0.2, 0.25) is 0 Å². The van der Waals surface area contributed by atoms with E-state index in [1.807, 2.05) is 30.3 Å². The van der Waals surface area contributed by atoms with Crippen LogP contribution in [0.5, 0.6) is 5.75 Å². The predicted molar refractivity (Wildman–Crippen MR) is 56.5 cm³/mol. The Hall–Kier alpha value is -1.02. The Morgan fingerprint density at radius 1 is 1.29 bits per heavy atom. The third-order valence-corrected chi connectivity index (χ3v) is 2.54. The summed E-state index contributed by atoms with van der Waals surface area (Å²) in [7, 11) is 0. The molecular formula is C12H16NO. The first-order valence-electron chi connectivity index (χ1n) is 5.26. The fourth-order valence-corrected chi connectivity index (χ4v) is 1.72. The first-order valence-corrected chi connectivity index (χ1v) is 5.26. The second kappa shape index (κ2) is 5.01. The van der Waals surface area contributed by atoms with Crippen LogP contribution in [0.25, 0.3) is 0 Å². The summed E-state index contributed by atoms with van der Waals surface area (Å²) in [5.41, 5.74) is 0. The minimum absolute atomic E-state index is 0.629. The van der Waals surface area contributed by atoms with Gasteiger partial charge >= 0.3 is 0 Å². The first kappa shape index (κ1) is 9.53. The van der Waals surface area contributed by atoms with Crippen molar-refractivity contribution in [3.63, 3.8) is 0 Å². The summed E-state index contributed by atoms with van der Waals surface area (Å²) in [4.78, 5) is 0. The number of piperidine rings is 1. The van der Waals surface area contributed by atoms with Crippen LogP contribution in [0.1, 0.15) is 12.8 Å². The summed E-state index contributed by atoms with van der Waals surface area (Å²) >= 11 is 0. The Morgan fingerprint density at radius 2 is 2.14 bits per heavy atom. The molecule has 2 rings (SSSR count). The molecule has 75 valence electrons. The lowest BCUT2D eigenvalue weighted by atomic mass is 10.0. The van der Waals surface area contributed by atoms with Crippen molar-refractivity contribution in [3.05, 3.63) is 30.3 Å². The second-order valence-corrected chi connectivity index (χ2v) is 3.76. The lowest BCUT2D eigenvalue weighted by Crippen LogP contribution is -2.28. The molecule has 1 heterocycles. The van der Waals surface area contributed by atoms with Gasteiger partial charge in [-0.1, -0.05) is 18.2 Å². The monoisotopic (exact) mass is 190 g/mol. The number of hydrogen-bond acceptors (Lipinski definition) is 1. The fraction of sp³-hybridized carbons (Fsp3) is 0.500. The van der Waals surface area contributed by atoms with Crippen LogP contribution in [0, 0.1) is 5.92 Å². The van der Waals surface area contributed by atoms with E-state index >= 15 is 0 Å². The molecule has 1 fully saturated rings. The van der Waals surface area contributed by atoms with Crippen molar-refractivity contribution in [1.29, 1.82) is 0 Å². The van der Waals surface area contributed by atoms with Crippen LogP contribution in [0.2, 0.25) is 0 Å². The molecule has 0 amide bonds. The summed E-state index contributed by atoms with van der Waals surface area (Å²) in [6.45, 7) is 2.84. The number of nitrogens with zero attached hydrogens (tertiary/aromatic N) is 1. The molecule has 0 N–H and O–H groups in total. The van der Waals surface area contributed by atoms with Crippen LogP contribution in [-0.4, -0.2) is 19.7 Å². The van der Waals surface area contributed by atoms with Gasteiger partial charge in [0, 0.05) is 19.0 Å². The SMILES string of the molecule is c1ccc(OCC2CCC[N]C2)cc1. The molecular weight excluding hydrogens is 174 g/mol. The van der Waals surface area contributed by atoms with E-state index in [1.54, 1.807) is 0 Å². The average molecular weight is 190 g/mol. The molecule has 1 unspecified atom stereocenters. The lowest BCUT2D eigenvalue weighted by Gasteiger charge is -2.21. The van der Waals surface area contributed by atoms with Gasteiger partial charge in [0.25, 0.3) is 0 Å². The molecule has 1 aliphatic heterocycles. The topological polar surface area (TPSA) is 23.3 Å². The molecule has 1 aromatic rings. The first-order chi connectivity index (χ1) is 6.95. The molecule has 14 heavy (non-hydrogen) atoms. The predicted octanol–water partition coefficient (Wildman–Crippen LogP) is 2.08. The van der Waals surface area contributed by atoms with Crippen molar-refractivity contribution in [3.8, 4) is 5.75 Å². The number of rotatable bonds is 3. The molecule has 0 aromatic heterocycles. The van der Waals surface area contributed by atoms with Crippen LogP contribution in [0.15, 0.2) is 30.3 Å². The summed E-state index contributed by atoms with van der Waals surface area (Å²) < 4.78 is 5.69. The fourth-order valence-electron chi connectivity index (χ4n) is 1.72. The largest absolute Gasteiger partial charge is 0.493 e. The molecule has 0 aliphatic carbocycles. The quantitative estimate of drug-likeness (QED) is 0.715. The van der Waals surface area contributed by atoms with Gasteiger partial charge in [-0.2, -0.15) is 0 Å². The molecule has 1 atom stereocenters. The van der Waals surface area contributed by atoms with E-state index in [-0.39, 0.29) is 0 Å². The lowest BCUT2D eigenvalue weighted by molar-refractivity contribution is 0.217. The van der Waals surface area contributed by atoms with E-state index in [2.05, 4.69) is 5.32 Å². The zero-order valence-corrected chi connectivity index (χ0v) is 8.36. The van der Waals surface area contributed by atoms with Gasteiger partial charge in [-0.25, -0.2) is 5.32 Å². The van der Waals surface area contributed by atoms with E-state index in [1.165, 1.54) is 12.8 Å². The van der Waals surface area contributed by atoms with Crippen LogP contribution in [-0.2, 0) is 0 Å². The molecule has 1 saturated heterocycles. The Morgan fingerprint density at radius 3 is 2.86 bits per heavy atom. The number of hydrogen-bond donors (Lipinski definition) is 0. The van der Waals surface area contributed by atoms with Gasteiger partial charge in [-0.15, -0.1) is 0 Å². The third kappa shape index (κ3) is 2.74. The highest BCUT2D eigenvalue weighted by atomic mass is 16.5. The highest BCUT2D eigenvalue weighted by Crippen LogP contribution is 2.14. The third-order valence-electron chi connectivity index (χ3n) is 2.54. The van der Waals surface area contributed by atoms with Crippen LogP contribution in [0.4, 0.5) is 0 Å².